The molecule has 3 heteroatoms. The van der Waals surface area contributed by atoms with Gasteiger partial charge in [0.2, 0.25) is 0 Å². The standard InChI is InChI=1S/C3H7O.Sn.Ti/c1-3(2)4;;/h3H,1-2H3;;/q-1;+1;. The maximum absolute atomic E-state index is 4.84. The van der Waals surface area contributed by atoms with Crippen molar-refractivity contribution in [3.05, 3.63) is 0 Å². The molecule has 0 aliphatic carbocycles. The van der Waals surface area contributed by atoms with Crippen LogP contribution in [0.25, 0.3) is 0 Å². The van der Waals surface area contributed by atoms with Crippen LogP contribution in [0.3, 0.4) is 0 Å². The second-order valence-electron chi connectivity index (χ2n) is 1.17. The van der Waals surface area contributed by atoms with E-state index in [0.717, 1.165) is 22.9 Å². The Morgan fingerprint density at radius 1 is 1.50 bits per heavy atom. The Morgan fingerprint density at radius 3 is 1.67 bits per heavy atom. The molecule has 0 unspecified atom stereocenters. The van der Waals surface area contributed by atoms with E-state index in [1.54, 1.807) is 0 Å². The molecular weight excluding hydrogens is 219 g/mol. The number of hydrogen-bond acceptors (Lipinski definition) is 1. The summed E-state index contributed by atoms with van der Waals surface area (Å²) in [5, 5.41) is 0. The normalized spacial score (nSPS) is 8.00. The summed E-state index contributed by atoms with van der Waals surface area (Å²) in [5.41, 5.74) is 0. The molecule has 33 valence electrons. The zero-order valence-electron chi connectivity index (χ0n) is 3.99. The molecule has 3 radical (unpaired) electrons. The molecular formula is C3H7OSnTi. The molecule has 0 aliphatic rings. The molecule has 0 bridgehead atoms. The van der Waals surface area contributed by atoms with Crippen molar-refractivity contribution in [2.75, 3.05) is 0 Å². The zero-order chi connectivity index (χ0) is 4.28. The Kier molecular flexibility index (Phi) is 11.3. The van der Waals surface area contributed by atoms with Crippen LogP contribution >= 0.6 is 0 Å². The van der Waals surface area contributed by atoms with E-state index in [4.69, 9.17) is 3.07 Å². The van der Waals surface area contributed by atoms with Crippen molar-refractivity contribution >= 4 is 22.9 Å². The molecule has 1 nitrogen and oxygen atoms in total. The van der Waals surface area contributed by atoms with Gasteiger partial charge in [-0.1, -0.05) is 0 Å². The fraction of sp³-hybridized carbons (Fsp3) is 1.00. The van der Waals surface area contributed by atoms with Crippen molar-refractivity contribution in [2.24, 2.45) is 0 Å². The summed E-state index contributed by atoms with van der Waals surface area (Å²) in [4.78, 5) is 0. The van der Waals surface area contributed by atoms with Crippen LogP contribution in [0.5, 0.6) is 0 Å². The molecule has 0 spiro atoms. The van der Waals surface area contributed by atoms with E-state index in [9.17, 15) is 0 Å². The van der Waals surface area contributed by atoms with Gasteiger partial charge in [0.05, 0.1) is 0 Å². The summed E-state index contributed by atoms with van der Waals surface area (Å²) in [6.45, 7) is 4.04. The van der Waals surface area contributed by atoms with Gasteiger partial charge in [-0.3, -0.25) is 0 Å². The van der Waals surface area contributed by atoms with Gasteiger partial charge in [0.1, 0.15) is 0 Å². The first-order chi connectivity index (χ1) is 2.27. The SMILES string of the molecule is CC(C)[O][Sn].[Ti]. The average Bonchev–Trinajstić information content (AvgIpc) is 1.38. The molecule has 0 atom stereocenters. The Bertz CT molecular complexity index is 24.8. The molecule has 0 fully saturated rings. The Balaban J connectivity index is 0. The van der Waals surface area contributed by atoms with Gasteiger partial charge in [0.15, 0.2) is 0 Å². The van der Waals surface area contributed by atoms with E-state index in [0.29, 0.717) is 6.10 Å². The molecule has 0 aromatic heterocycles. The largest absolute Gasteiger partial charge is 0 e. The molecule has 0 aliphatic heterocycles. The van der Waals surface area contributed by atoms with Crippen molar-refractivity contribution in [2.45, 2.75) is 20.0 Å². The zero-order valence-corrected chi connectivity index (χ0v) is 8.40. The van der Waals surface area contributed by atoms with Crippen molar-refractivity contribution < 1.29 is 24.8 Å². The van der Waals surface area contributed by atoms with Gasteiger partial charge in [-0.2, -0.15) is 0 Å². The first-order valence-electron chi connectivity index (χ1n) is 1.59. The van der Waals surface area contributed by atoms with Crippen LogP contribution in [-0.2, 0) is 24.8 Å². The predicted octanol–water partition coefficient (Wildman–Crippen LogP) is 0.492. The van der Waals surface area contributed by atoms with Crippen molar-refractivity contribution in [1.29, 1.82) is 0 Å². The average molecular weight is 226 g/mol. The van der Waals surface area contributed by atoms with E-state index in [1.807, 2.05) is 13.8 Å². The maximum Gasteiger partial charge on any atom is 0 e. The van der Waals surface area contributed by atoms with Gasteiger partial charge in [-0.25, -0.2) is 0 Å². The van der Waals surface area contributed by atoms with Crippen LogP contribution in [0.2, 0.25) is 0 Å². The van der Waals surface area contributed by atoms with E-state index < -0.39 is 0 Å². The van der Waals surface area contributed by atoms with E-state index in [1.165, 1.54) is 0 Å². The molecule has 6 heavy (non-hydrogen) atoms. The maximum atomic E-state index is 4.84. The smallest absolute Gasteiger partial charge is 0 e. The predicted molar refractivity (Wildman–Crippen MR) is 22.0 cm³/mol. The summed E-state index contributed by atoms with van der Waals surface area (Å²) in [6.07, 6.45) is 0.424. The minimum Gasteiger partial charge on any atom is 0 e. The molecule has 0 N–H and O–H groups in total. The summed E-state index contributed by atoms with van der Waals surface area (Å²) in [5.74, 6) is 0. The van der Waals surface area contributed by atoms with Gasteiger partial charge in [0.25, 0.3) is 0 Å². The fourth-order valence-corrected chi connectivity index (χ4v) is 0. The molecule has 0 heterocycles. The second-order valence-corrected chi connectivity index (χ2v) is 1.84. The molecule has 0 rings (SSSR count). The Labute approximate surface area is 67.3 Å². The van der Waals surface area contributed by atoms with Crippen molar-refractivity contribution in [3.63, 3.8) is 0 Å². The number of hydrogen-bond donors (Lipinski definition) is 0. The topological polar surface area (TPSA) is 9.23 Å². The molecule has 0 amide bonds. The third-order valence-electron chi connectivity index (χ3n) is 0.236. The first-order valence-corrected chi connectivity index (χ1v) is 2.76. The van der Waals surface area contributed by atoms with Gasteiger partial charge in [-0.15, -0.1) is 0 Å². The van der Waals surface area contributed by atoms with Gasteiger partial charge >= 0.3 is 46.0 Å². The summed E-state index contributed by atoms with van der Waals surface area (Å²) in [7, 11) is 0. The number of rotatable bonds is 1. The summed E-state index contributed by atoms with van der Waals surface area (Å²) in [6, 6.07) is 0. The summed E-state index contributed by atoms with van der Waals surface area (Å²) < 4.78 is 4.84. The second kappa shape index (κ2) is 6.47. The minimum absolute atomic E-state index is 0. The van der Waals surface area contributed by atoms with Crippen LogP contribution < -0.4 is 0 Å². The molecule has 0 saturated heterocycles. The van der Waals surface area contributed by atoms with Crippen LogP contribution in [-0.4, -0.2) is 29.0 Å². The van der Waals surface area contributed by atoms with Crippen LogP contribution in [0.1, 0.15) is 13.8 Å². The van der Waals surface area contributed by atoms with Gasteiger partial charge in [0, 0.05) is 21.7 Å². The monoisotopic (exact) mass is 227 g/mol. The Morgan fingerprint density at radius 2 is 1.67 bits per heavy atom. The molecule has 0 saturated carbocycles. The van der Waals surface area contributed by atoms with Crippen molar-refractivity contribution in [1.82, 2.24) is 0 Å². The summed E-state index contributed by atoms with van der Waals surface area (Å²) >= 11 is 1.16. The third kappa shape index (κ3) is 9.08. The minimum atomic E-state index is 0. The Hall–Kier alpha value is 1.47. The van der Waals surface area contributed by atoms with E-state index in [-0.39, 0.29) is 21.7 Å². The quantitative estimate of drug-likeness (QED) is 0.591. The third-order valence-corrected chi connectivity index (χ3v) is 1.58. The van der Waals surface area contributed by atoms with Crippen molar-refractivity contribution in [3.8, 4) is 0 Å². The molecule has 0 aromatic rings. The van der Waals surface area contributed by atoms with E-state index in [2.05, 4.69) is 0 Å². The fourth-order valence-electron chi connectivity index (χ4n) is 0. The van der Waals surface area contributed by atoms with Crippen LogP contribution in [0.4, 0.5) is 0 Å². The molecule has 0 aromatic carbocycles. The van der Waals surface area contributed by atoms with E-state index >= 15 is 0 Å². The van der Waals surface area contributed by atoms with Crippen LogP contribution in [0, 0.1) is 0 Å². The van der Waals surface area contributed by atoms with Gasteiger partial charge < -0.3 is 0 Å². The first kappa shape index (κ1) is 10.5. The van der Waals surface area contributed by atoms with Crippen LogP contribution in [0.15, 0.2) is 0 Å². The van der Waals surface area contributed by atoms with Gasteiger partial charge in [-0.05, 0) is 0 Å².